The maximum atomic E-state index is 15.7. The summed E-state index contributed by atoms with van der Waals surface area (Å²) in [4.78, 5) is 315. The van der Waals surface area contributed by atoms with E-state index >= 15 is 38.4 Å². The number of likely N-dealkylation sites (tertiary alicyclic amines) is 2. The first-order chi connectivity index (χ1) is 70.4. The van der Waals surface area contributed by atoms with Crippen LogP contribution in [0.15, 0.2) is 109 Å². The van der Waals surface area contributed by atoms with Crippen molar-refractivity contribution in [2.24, 2.45) is 45.9 Å². The summed E-state index contributed by atoms with van der Waals surface area (Å²) < 4.78 is 0. The van der Waals surface area contributed by atoms with Crippen molar-refractivity contribution in [3.05, 3.63) is 131 Å². The highest BCUT2D eigenvalue weighted by Gasteiger charge is 2.45. The number of nitrogens with zero attached hydrogens (tertiary/aromatic N) is 2. The molecule has 0 bridgehead atoms. The number of nitrogens with one attached hydrogen (secondary N) is 18. The van der Waals surface area contributed by atoms with Gasteiger partial charge in [0, 0.05) is 101 Å². The second-order valence-electron chi connectivity index (χ2n) is 34.7. The number of carbonyl (C=O) groups excluding carboxylic acids is 22. The molecule has 56 heteroatoms. The van der Waals surface area contributed by atoms with E-state index in [1.807, 2.05) is 0 Å². The van der Waals surface area contributed by atoms with Gasteiger partial charge in [-0.3, -0.25) is 116 Å². The van der Waals surface area contributed by atoms with Crippen molar-refractivity contribution in [3.8, 4) is 11.5 Å². The molecule has 148 heavy (non-hydrogen) atoms. The SMILES string of the molecule is N=C(N)NCCC[C@@H](NC(=O)[C@@H]1CCCN1C(=O)[C@@H]1CSSC[C@@H](C(=O)N2CCC[C@H]2C(=O)N[C@H](CCCNC(=N)N)C(=O)NCC(N)=O)NC(=O)[C@H](CC(N)=O)NC(=O)[C@H](CCC(N)=O)NC(=O)[C@H](Cc2ccccc2)NC(=O)[C@H](Cc2ccc(O)cc2)NC(=O)CCSSCCC(=O)N[C@@H](Cc2ccc(O)cc2)C(=O)N[C@@H](Cc2ccccc2)C(=O)N[C@@H](CCC(N)=O)C(=O)N[C@@H](CC(N)=O)C(=O)N1)C(=O)NCC(N)=O. The quantitative estimate of drug-likeness (QED) is 0.00858. The van der Waals surface area contributed by atoms with E-state index in [2.05, 4.69) is 85.1 Å². The van der Waals surface area contributed by atoms with E-state index in [0.29, 0.717) is 43.8 Å². The largest absolute Gasteiger partial charge is 0.508 e. The van der Waals surface area contributed by atoms with Crippen molar-refractivity contribution in [3.63, 3.8) is 0 Å². The van der Waals surface area contributed by atoms with Gasteiger partial charge in [-0.25, -0.2) is 0 Å². The lowest BCUT2D eigenvalue weighted by atomic mass is 10.0. The minimum Gasteiger partial charge on any atom is -0.508 e. The van der Waals surface area contributed by atoms with E-state index in [1.54, 1.807) is 60.7 Å². The molecule has 0 radical (unpaired) electrons. The van der Waals surface area contributed by atoms with Gasteiger partial charge in [-0.15, -0.1) is 0 Å². The summed E-state index contributed by atoms with van der Waals surface area (Å²) in [5.41, 5.74) is 46.1. The van der Waals surface area contributed by atoms with E-state index in [0.717, 1.165) is 31.4 Å². The van der Waals surface area contributed by atoms with Gasteiger partial charge in [0.2, 0.25) is 130 Å². The summed E-state index contributed by atoms with van der Waals surface area (Å²) in [5.74, 6) is -26.0. The Morgan fingerprint density at radius 3 is 0.986 bits per heavy atom. The van der Waals surface area contributed by atoms with Gasteiger partial charge >= 0.3 is 0 Å². The Kier molecular flexibility index (Phi) is 50.1. The third-order valence-electron chi connectivity index (χ3n) is 23.1. The lowest BCUT2D eigenvalue weighted by Crippen LogP contribution is -2.61. The molecule has 52 nitrogen and oxygen atoms in total. The van der Waals surface area contributed by atoms with Crippen LogP contribution in [0.3, 0.4) is 0 Å². The topological polar surface area (TPSA) is 871 Å². The number of nitrogens with two attached hydrogens (primary N) is 8. The van der Waals surface area contributed by atoms with Gasteiger partial charge in [0.05, 0.1) is 25.9 Å². The fraction of sp³-hybridized carbons (Fsp3) is 0.478. The van der Waals surface area contributed by atoms with Gasteiger partial charge in [0.25, 0.3) is 0 Å². The molecular formula is C92H128N28O24S4. The Morgan fingerprint density at radius 1 is 0.365 bits per heavy atom. The summed E-state index contributed by atoms with van der Waals surface area (Å²) >= 11 is 0. The van der Waals surface area contributed by atoms with Crippen molar-refractivity contribution in [2.75, 3.05) is 62.3 Å². The molecule has 4 aromatic carbocycles. The molecule has 3 heterocycles. The van der Waals surface area contributed by atoms with Crippen LogP contribution in [0.1, 0.15) is 125 Å². The molecule has 0 aliphatic carbocycles. The molecule has 0 unspecified atom stereocenters. The molecule has 4 aromatic rings. The maximum Gasteiger partial charge on any atom is 0.246 e. The standard InChI is InChI=1S/C92H128N28O24S4/c93-69(123)29-27-57-79(133)115-63(43-71(95)125)85(139)117-65(89(143)119-35-9-17-67(119)87(141)111-55(15-7-33-103-91(99)100)77(131)105-45-73(97)127)47-147-148-48-66(90(144)120-36-10-18-68(120)88(142)112-56(16-8-34-104-92(101)102)78(132)106-46-74(98)128)118-86(140)64(44-72(96)126)116-80(134)58(28-30-70(94)124)110-84(138)62(40-50-13-5-2-6-14-50)114-82(136)60(42-52-21-25-54(122)26-22-52)108-76(130)32-38-146-145-37-31-75(129)107-59(41-51-19-23-53(121)24-20-51)81(135)113-61(83(137)109-57)39-49-11-3-1-4-12-49/h1-6,11-14,19-26,55-68,121-122H,7-10,15-18,27-48H2,(H2,93,123)(H2,94,124)(H2,95,125)(H2,96,126)(H2,97,127)(H2,98,128)(H,105,131)(H,106,132)(H,107,129)(H,108,130)(H,109,137)(H,110,138)(H,111,141)(H,112,142)(H,113,135)(H,114,136)(H,115,133)(H,116,134)(H,117,139)(H,118,140)(H4,99,100,103)(H4,101,102,104)/t55-,56-,57+,58+,59+,60+,61+,62+,63+,64+,65+,66+,67+,68+/m1/s1. The minimum atomic E-state index is -2.16. The van der Waals surface area contributed by atoms with Crippen LogP contribution in [-0.4, -0.2) is 309 Å². The van der Waals surface area contributed by atoms with Gasteiger partial charge < -0.3 is 151 Å². The summed E-state index contributed by atoms with van der Waals surface area (Å²) in [7, 11) is 3.57. The second-order valence-corrected chi connectivity index (χ2v) is 40.0. The Morgan fingerprint density at radius 2 is 0.669 bits per heavy atom. The number of guanidine groups is 2. The van der Waals surface area contributed by atoms with Gasteiger partial charge in [0.15, 0.2) is 11.9 Å². The van der Waals surface area contributed by atoms with Gasteiger partial charge in [0.1, 0.15) is 96.1 Å². The first-order valence-electron chi connectivity index (χ1n) is 47.2. The zero-order chi connectivity index (χ0) is 109. The first kappa shape index (κ1) is 120. The number of benzene rings is 4. The van der Waals surface area contributed by atoms with Gasteiger partial charge in [-0.2, -0.15) is 0 Å². The van der Waals surface area contributed by atoms with E-state index in [1.165, 1.54) is 48.5 Å². The highest BCUT2D eigenvalue weighted by Crippen LogP contribution is 2.30. The smallest absolute Gasteiger partial charge is 0.246 e. The molecule has 0 spiro atoms. The number of hydrogen-bond donors (Lipinski definition) is 28. The molecule has 804 valence electrons. The number of aromatic hydroxyl groups is 2. The number of phenolic OH excluding ortho intramolecular Hbond substituents is 2. The third-order valence-corrected chi connectivity index (χ3v) is 27.9. The van der Waals surface area contributed by atoms with Crippen LogP contribution in [-0.2, 0) is 131 Å². The predicted octanol–water partition coefficient (Wildman–Crippen LogP) is -8.26. The highest BCUT2D eigenvalue weighted by molar-refractivity contribution is 8.77. The highest BCUT2D eigenvalue weighted by atomic mass is 33.1. The molecule has 3 fully saturated rings. The zero-order valence-corrected chi connectivity index (χ0v) is 84.0. The number of hydrogen-bond acceptors (Lipinski definition) is 30. The van der Waals surface area contributed by atoms with Crippen LogP contribution in [0.5, 0.6) is 11.5 Å². The van der Waals surface area contributed by atoms with Crippen LogP contribution in [0, 0.1) is 10.8 Å². The number of carbonyl (C=O) groups is 22. The van der Waals surface area contributed by atoms with Crippen LogP contribution in [0.4, 0.5) is 0 Å². The fourth-order valence-corrected chi connectivity index (χ4v) is 19.9. The second kappa shape index (κ2) is 61.9. The Hall–Kier alpha value is -15.2. The van der Waals surface area contributed by atoms with Gasteiger partial charge in [-0.05, 0) is 111 Å². The van der Waals surface area contributed by atoms with E-state index in [-0.39, 0.29) is 139 Å². The number of amides is 22. The monoisotopic (exact) mass is 2140 g/mol. The molecule has 0 saturated carbocycles. The van der Waals surface area contributed by atoms with Crippen LogP contribution in [0.25, 0.3) is 0 Å². The van der Waals surface area contributed by atoms with Crippen LogP contribution < -0.4 is 131 Å². The Labute approximate surface area is 865 Å². The van der Waals surface area contributed by atoms with Gasteiger partial charge in [-0.1, -0.05) is 128 Å². The minimum absolute atomic E-state index is 0.000494. The number of primary amides is 6. The van der Waals surface area contributed by atoms with E-state index < -0.39 is 290 Å². The van der Waals surface area contributed by atoms with Crippen molar-refractivity contribution in [1.82, 2.24) is 94.9 Å². The van der Waals surface area contributed by atoms with Crippen molar-refractivity contribution in [2.45, 2.75) is 213 Å². The summed E-state index contributed by atoms with van der Waals surface area (Å²) in [5, 5.41) is 76.1. The lowest BCUT2D eigenvalue weighted by molar-refractivity contribution is -0.142. The molecular weight excluding hydrogens is 2010 g/mol. The molecule has 3 aliphatic rings. The summed E-state index contributed by atoms with van der Waals surface area (Å²) in [6.45, 7) is -1.92. The molecule has 7 rings (SSSR count). The molecule has 22 amide bonds. The van der Waals surface area contributed by atoms with Crippen LogP contribution >= 0.6 is 43.2 Å². The Bertz CT molecular complexity index is 5060. The predicted molar refractivity (Wildman–Crippen MR) is 543 cm³/mol. The average molecular weight is 2140 g/mol. The zero-order valence-electron chi connectivity index (χ0n) is 80.7. The molecule has 3 saturated heterocycles. The molecule has 0 aromatic heterocycles. The van der Waals surface area contributed by atoms with Crippen molar-refractivity contribution in [1.29, 1.82) is 10.8 Å². The van der Waals surface area contributed by atoms with Crippen molar-refractivity contribution < 1.29 is 116 Å². The maximum absolute atomic E-state index is 15.7. The molecule has 36 N–H and O–H groups in total. The molecule has 3 aliphatic heterocycles. The van der Waals surface area contributed by atoms with Crippen molar-refractivity contribution >= 4 is 185 Å². The van der Waals surface area contributed by atoms with E-state index in [9.17, 15) is 77.3 Å². The summed E-state index contributed by atoms with van der Waals surface area (Å²) in [6, 6.07) is 2.85. The van der Waals surface area contributed by atoms with Crippen LogP contribution in [0.2, 0.25) is 0 Å². The normalized spacial score (nSPS) is 21.7. The summed E-state index contributed by atoms with van der Waals surface area (Å²) in [6.07, 6.45) is -6.97. The third kappa shape index (κ3) is 42.8. The number of rotatable bonds is 38. The van der Waals surface area contributed by atoms with E-state index in [4.69, 9.17) is 56.7 Å². The average Bonchev–Trinajstić information content (AvgIpc) is 1.66. The molecule has 14 atom stereocenters. The number of phenols is 2. The first-order valence-corrected chi connectivity index (χ1v) is 52.1. The fourth-order valence-electron chi connectivity index (χ4n) is 15.6. The Balaban J connectivity index is 1.37. The lowest BCUT2D eigenvalue weighted by Gasteiger charge is -2.31.